The van der Waals surface area contributed by atoms with E-state index in [1.54, 1.807) is 19.2 Å². The second-order valence-electron chi connectivity index (χ2n) is 7.71. The molecule has 2 aliphatic heterocycles. The number of likely N-dealkylation sites (tertiary alicyclic amines) is 2. The van der Waals surface area contributed by atoms with E-state index in [2.05, 4.69) is 4.90 Å². The van der Waals surface area contributed by atoms with E-state index in [1.807, 2.05) is 11.0 Å². The fourth-order valence-corrected chi connectivity index (χ4v) is 3.85. The van der Waals surface area contributed by atoms with E-state index >= 15 is 0 Å². The molecule has 1 aromatic carbocycles. The smallest absolute Gasteiger partial charge is 0.475 e. The molecule has 1 N–H and O–H groups in total. The topological polar surface area (TPSA) is 70.1 Å². The number of methoxy groups -OCH3 is 1. The predicted molar refractivity (Wildman–Crippen MR) is 100 cm³/mol. The van der Waals surface area contributed by atoms with Crippen LogP contribution < -0.4 is 0 Å². The molecule has 2 aliphatic rings. The SMILES string of the molecule is COCC(=O)N1CCC2(CCN(Cc3cccc(F)c3)CC2)C1.O=C(O)C(F)(F)F. The van der Waals surface area contributed by atoms with Gasteiger partial charge in [0.15, 0.2) is 0 Å². The number of piperidine rings is 1. The normalized spacial score (nSPS) is 18.8. The van der Waals surface area contributed by atoms with Gasteiger partial charge < -0.3 is 14.7 Å². The predicted octanol–water partition coefficient (Wildman–Crippen LogP) is 2.92. The van der Waals surface area contributed by atoms with Crippen LogP contribution in [0.25, 0.3) is 0 Å². The molecule has 0 radical (unpaired) electrons. The summed E-state index contributed by atoms with van der Waals surface area (Å²) in [6.07, 6.45) is -1.77. The van der Waals surface area contributed by atoms with Crippen molar-refractivity contribution in [1.29, 1.82) is 0 Å². The van der Waals surface area contributed by atoms with E-state index in [-0.39, 0.29) is 23.7 Å². The number of carboxylic acids is 1. The highest BCUT2D eigenvalue weighted by molar-refractivity contribution is 5.77. The maximum atomic E-state index is 13.3. The molecule has 0 bridgehead atoms. The van der Waals surface area contributed by atoms with Crippen LogP contribution in [0.4, 0.5) is 17.6 Å². The Bertz CT molecular complexity index is 734. The van der Waals surface area contributed by atoms with Crippen molar-refractivity contribution in [3.8, 4) is 0 Å². The Hall–Kier alpha value is -2.20. The van der Waals surface area contributed by atoms with Gasteiger partial charge in [-0.2, -0.15) is 13.2 Å². The van der Waals surface area contributed by atoms with Crippen molar-refractivity contribution in [3.05, 3.63) is 35.6 Å². The van der Waals surface area contributed by atoms with Crippen molar-refractivity contribution >= 4 is 11.9 Å². The highest BCUT2D eigenvalue weighted by Gasteiger charge is 2.41. The van der Waals surface area contributed by atoms with Gasteiger partial charge in [0.1, 0.15) is 12.4 Å². The second-order valence-corrected chi connectivity index (χ2v) is 7.71. The lowest BCUT2D eigenvalue weighted by Crippen LogP contribution is -2.42. The van der Waals surface area contributed by atoms with Gasteiger partial charge in [-0.15, -0.1) is 0 Å². The number of benzene rings is 1. The van der Waals surface area contributed by atoms with Crippen molar-refractivity contribution in [1.82, 2.24) is 9.80 Å². The minimum absolute atomic E-state index is 0.103. The fraction of sp³-hybridized carbons (Fsp3) is 0.600. The summed E-state index contributed by atoms with van der Waals surface area (Å²) in [5, 5.41) is 7.12. The summed E-state index contributed by atoms with van der Waals surface area (Å²) in [4.78, 5) is 25.2. The van der Waals surface area contributed by atoms with Crippen molar-refractivity contribution in [2.24, 2.45) is 5.41 Å². The Kier molecular flexibility index (Phi) is 8.19. The van der Waals surface area contributed by atoms with Gasteiger partial charge in [0, 0.05) is 26.7 Å². The Morgan fingerprint density at radius 3 is 2.30 bits per heavy atom. The number of aliphatic carboxylic acids is 1. The van der Waals surface area contributed by atoms with Crippen LogP contribution in [0, 0.1) is 11.2 Å². The Balaban J connectivity index is 0.000000396. The van der Waals surface area contributed by atoms with Crippen molar-refractivity contribution in [3.63, 3.8) is 0 Å². The summed E-state index contributed by atoms with van der Waals surface area (Å²) >= 11 is 0. The quantitative estimate of drug-likeness (QED) is 0.738. The third-order valence-electron chi connectivity index (χ3n) is 5.51. The van der Waals surface area contributed by atoms with Gasteiger partial charge in [-0.25, -0.2) is 9.18 Å². The average molecular weight is 434 g/mol. The van der Waals surface area contributed by atoms with Gasteiger partial charge in [0.05, 0.1) is 0 Å². The van der Waals surface area contributed by atoms with Crippen LogP contribution >= 0.6 is 0 Å². The summed E-state index contributed by atoms with van der Waals surface area (Å²) < 4.78 is 50.0. The van der Waals surface area contributed by atoms with Crippen LogP contribution in [0.3, 0.4) is 0 Å². The van der Waals surface area contributed by atoms with Crippen LogP contribution in [0.5, 0.6) is 0 Å². The van der Waals surface area contributed by atoms with Gasteiger partial charge in [0.25, 0.3) is 0 Å². The number of carbonyl (C=O) groups excluding carboxylic acids is 1. The van der Waals surface area contributed by atoms with E-state index in [0.29, 0.717) is 0 Å². The Morgan fingerprint density at radius 1 is 1.17 bits per heavy atom. The number of nitrogens with zero attached hydrogens (tertiary/aromatic N) is 2. The van der Waals surface area contributed by atoms with Gasteiger partial charge in [-0.1, -0.05) is 12.1 Å². The van der Waals surface area contributed by atoms with Crippen molar-refractivity contribution in [2.45, 2.75) is 32.0 Å². The number of amides is 1. The minimum atomic E-state index is -5.08. The molecular weight excluding hydrogens is 408 g/mol. The van der Waals surface area contributed by atoms with E-state index in [1.165, 1.54) is 6.07 Å². The third-order valence-corrected chi connectivity index (χ3v) is 5.51. The number of halogens is 4. The van der Waals surface area contributed by atoms with Crippen LogP contribution in [-0.4, -0.2) is 72.9 Å². The number of carboxylic acid groups (broad SMARTS) is 1. The van der Waals surface area contributed by atoms with Crippen LogP contribution in [-0.2, 0) is 20.9 Å². The minimum Gasteiger partial charge on any atom is -0.475 e. The molecule has 1 amide bonds. The number of alkyl halides is 3. The molecule has 0 aliphatic carbocycles. The molecule has 168 valence electrons. The molecule has 30 heavy (non-hydrogen) atoms. The summed E-state index contributed by atoms with van der Waals surface area (Å²) in [7, 11) is 1.56. The first-order valence-corrected chi connectivity index (χ1v) is 9.58. The van der Waals surface area contributed by atoms with Crippen molar-refractivity contribution < 1.29 is 37.0 Å². The van der Waals surface area contributed by atoms with E-state index in [0.717, 1.165) is 57.5 Å². The van der Waals surface area contributed by atoms with Gasteiger partial charge in [-0.3, -0.25) is 9.69 Å². The van der Waals surface area contributed by atoms with E-state index in [9.17, 15) is 22.4 Å². The molecule has 0 saturated carbocycles. The third kappa shape index (κ3) is 6.94. The average Bonchev–Trinajstić information content (AvgIpc) is 3.08. The summed E-state index contributed by atoms with van der Waals surface area (Å²) in [6.45, 7) is 4.74. The highest BCUT2D eigenvalue weighted by Crippen LogP contribution is 2.40. The Morgan fingerprint density at radius 2 is 1.77 bits per heavy atom. The lowest BCUT2D eigenvalue weighted by atomic mass is 9.77. The molecule has 10 heteroatoms. The molecule has 2 heterocycles. The molecule has 6 nitrogen and oxygen atoms in total. The zero-order chi connectivity index (χ0) is 22.4. The second kappa shape index (κ2) is 10.2. The molecule has 0 aromatic heterocycles. The molecule has 0 atom stereocenters. The first-order valence-electron chi connectivity index (χ1n) is 9.58. The van der Waals surface area contributed by atoms with Crippen LogP contribution in [0.2, 0.25) is 0 Å². The van der Waals surface area contributed by atoms with Gasteiger partial charge in [-0.05, 0) is 55.5 Å². The first-order chi connectivity index (χ1) is 14.0. The molecule has 3 rings (SSSR count). The Labute approximate surface area is 172 Å². The summed E-state index contributed by atoms with van der Waals surface area (Å²) in [5.74, 6) is -2.82. The lowest BCUT2D eigenvalue weighted by Gasteiger charge is -2.39. The standard InChI is InChI=1S/C18H25FN2O2.C2HF3O2/c1-23-13-17(22)21-10-7-18(14-21)5-8-20(9-6-18)12-15-3-2-4-16(19)11-15;3-2(4,5)1(6)7/h2-4,11H,5-10,12-14H2,1H3;(H,6,7). The first kappa shape index (κ1) is 24.1. The van der Waals surface area contributed by atoms with E-state index < -0.39 is 12.1 Å². The number of ether oxygens (including phenoxy) is 1. The molecule has 1 spiro atoms. The lowest BCUT2D eigenvalue weighted by molar-refractivity contribution is -0.192. The molecular formula is C20H26F4N2O4. The maximum Gasteiger partial charge on any atom is 0.490 e. The molecule has 1 aromatic rings. The van der Waals surface area contributed by atoms with Gasteiger partial charge in [0.2, 0.25) is 5.91 Å². The highest BCUT2D eigenvalue weighted by atomic mass is 19.4. The monoisotopic (exact) mass is 434 g/mol. The number of rotatable bonds is 4. The molecule has 0 unspecified atom stereocenters. The zero-order valence-electron chi connectivity index (χ0n) is 16.8. The maximum absolute atomic E-state index is 13.3. The molecule has 2 saturated heterocycles. The van der Waals surface area contributed by atoms with E-state index in [4.69, 9.17) is 14.6 Å². The zero-order valence-corrected chi connectivity index (χ0v) is 16.8. The molecule has 2 fully saturated rings. The largest absolute Gasteiger partial charge is 0.490 e. The summed E-state index contributed by atoms with van der Waals surface area (Å²) in [5.41, 5.74) is 1.31. The fourth-order valence-electron chi connectivity index (χ4n) is 3.85. The number of carbonyl (C=O) groups is 2. The van der Waals surface area contributed by atoms with Crippen molar-refractivity contribution in [2.75, 3.05) is 39.9 Å². The van der Waals surface area contributed by atoms with Crippen LogP contribution in [0.1, 0.15) is 24.8 Å². The summed E-state index contributed by atoms with van der Waals surface area (Å²) in [6, 6.07) is 6.85. The van der Waals surface area contributed by atoms with Crippen LogP contribution in [0.15, 0.2) is 24.3 Å². The van der Waals surface area contributed by atoms with Gasteiger partial charge >= 0.3 is 12.1 Å². The number of hydrogen-bond acceptors (Lipinski definition) is 4. The number of hydrogen-bond donors (Lipinski definition) is 1.